The van der Waals surface area contributed by atoms with Gasteiger partial charge in [-0.05, 0) is 24.5 Å². The first kappa shape index (κ1) is 22.4. The predicted octanol–water partition coefficient (Wildman–Crippen LogP) is 4.92. The molecule has 0 aliphatic rings. The average Bonchev–Trinajstić information content (AvgIpc) is 2.75. The van der Waals surface area contributed by atoms with Crippen molar-refractivity contribution in [2.45, 2.75) is 38.3 Å². The summed E-state index contributed by atoms with van der Waals surface area (Å²) >= 11 is 2.18. The molecular weight excluding hydrogens is 467 g/mol. The Morgan fingerprint density at radius 1 is 1.07 bits per heavy atom. The van der Waals surface area contributed by atoms with Crippen molar-refractivity contribution in [3.05, 3.63) is 71.8 Å². The standard InChI is InChI=1S/C23H25IO4/c1-3-20(27-22(17-24)26-4-2)15-16-21(25)28-23(18-11-7-5-8-12-18)19-13-9-6-10-14-19/h1,5-14,20,22-23H,4,15-17H2,2H3. The molecule has 0 amide bonds. The Labute approximate surface area is 180 Å². The Kier molecular flexibility index (Phi) is 10.0. The monoisotopic (exact) mass is 492 g/mol. The summed E-state index contributed by atoms with van der Waals surface area (Å²) in [7, 11) is 0. The van der Waals surface area contributed by atoms with Gasteiger partial charge in [-0.15, -0.1) is 6.42 Å². The van der Waals surface area contributed by atoms with E-state index in [0.717, 1.165) is 11.1 Å². The van der Waals surface area contributed by atoms with Gasteiger partial charge in [0.1, 0.15) is 6.10 Å². The Morgan fingerprint density at radius 3 is 2.11 bits per heavy atom. The number of terminal acetylenes is 1. The Bertz CT molecular complexity index is 703. The molecule has 148 valence electrons. The highest BCUT2D eigenvalue weighted by Crippen LogP contribution is 2.26. The smallest absolute Gasteiger partial charge is 0.306 e. The number of hydrogen-bond donors (Lipinski definition) is 0. The fourth-order valence-electron chi connectivity index (χ4n) is 2.70. The van der Waals surface area contributed by atoms with Crippen LogP contribution in [0.3, 0.4) is 0 Å². The van der Waals surface area contributed by atoms with E-state index in [1.165, 1.54) is 0 Å². The van der Waals surface area contributed by atoms with E-state index in [-0.39, 0.29) is 18.7 Å². The van der Waals surface area contributed by atoms with Crippen molar-refractivity contribution in [2.75, 3.05) is 11.0 Å². The van der Waals surface area contributed by atoms with Gasteiger partial charge in [0.25, 0.3) is 0 Å². The normalized spacial score (nSPS) is 12.9. The number of carbonyl (C=O) groups is 1. The summed E-state index contributed by atoms with van der Waals surface area (Å²) in [5.41, 5.74) is 1.85. The first-order chi connectivity index (χ1) is 13.7. The molecule has 5 heteroatoms. The number of ether oxygens (including phenoxy) is 3. The van der Waals surface area contributed by atoms with E-state index in [4.69, 9.17) is 20.6 Å². The van der Waals surface area contributed by atoms with Crippen molar-refractivity contribution < 1.29 is 19.0 Å². The van der Waals surface area contributed by atoms with E-state index in [0.29, 0.717) is 17.5 Å². The molecule has 0 saturated carbocycles. The van der Waals surface area contributed by atoms with E-state index in [9.17, 15) is 4.79 Å². The third-order valence-electron chi connectivity index (χ3n) is 4.05. The van der Waals surface area contributed by atoms with E-state index in [1.807, 2.05) is 67.6 Å². The van der Waals surface area contributed by atoms with Gasteiger partial charge >= 0.3 is 5.97 Å². The molecule has 0 bridgehead atoms. The van der Waals surface area contributed by atoms with Crippen LogP contribution < -0.4 is 0 Å². The van der Waals surface area contributed by atoms with Crippen LogP contribution in [0.5, 0.6) is 0 Å². The number of benzene rings is 2. The summed E-state index contributed by atoms with van der Waals surface area (Å²) < 4.78 is 17.7. The maximum Gasteiger partial charge on any atom is 0.306 e. The molecule has 0 radical (unpaired) electrons. The van der Waals surface area contributed by atoms with Crippen LogP contribution in [0, 0.1) is 12.3 Å². The minimum Gasteiger partial charge on any atom is -0.453 e. The Morgan fingerprint density at radius 2 is 1.64 bits per heavy atom. The third-order valence-corrected chi connectivity index (χ3v) is 4.76. The summed E-state index contributed by atoms with van der Waals surface area (Å²) in [6, 6.07) is 19.4. The zero-order valence-corrected chi connectivity index (χ0v) is 18.1. The predicted molar refractivity (Wildman–Crippen MR) is 118 cm³/mol. The minimum absolute atomic E-state index is 0.172. The molecule has 28 heavy (non-hydrogen) atoms. The number of rotatable bonds is 11. The van der Waals surface area contributed by atoms with Crippen LogP contribution in [0.25, 0.3) is 0 Å². The fourth-order valence-corrected chi connectivity index (χ4v) is 3.17. The SMILES string of the molecule is C#CC(CCC(=O)OC(c1ccccc1)c1ccccc1)OC(CI)OCC. The fraction of sp³-hybridized carbons (Fsp3) is 0.348. The molecular formula is C23H25IO4. The maximum absolute atomic E-state index is 12.5. The van der Waals surface area contributed by atoms with Gasteiger partial charge in [-0.1, -0.05) is 89.2 Å². The highest BCUT2D eigenvalue weighted by atomic mass is 127. The lowest BCUT2D eigenvalue weighted by molar-refractivity contribution is -0.153. The molecule has 0 aromatic heterocycles. The summed E-state index contributed by atoms with van der Waals surface area (Å²) in [5, 5.41) is 0. The van der Waals surface area contributed by atoms with E-state index in [1.54, 1.807) is 0 Å². The van der Waals surface area contributed by atoms with Crippen molar-refractivity contribution in [1.29, 1.82) is 0 Å². The Hall–Kier alpha value is -1.88. The van der Waals surface area contributed by atoms with E-state index in [2.05, 4.69) is 28.5 Å². The van der Waals surface area contributed by atoms with Crippen LogP contribution in [0.2, 0.25) is 0 Å². The maximum atomic E-state index is 12.5. The van der Waals surface area contributed by atoms with Crippen LogP contribution >= 0.6 is 22.6 Å². The van der Waals surface area contributed by atoms with Crippen molar-refractivity contribution in [1.82, 2.24) is 0 Å². The molecule has 0 saturated heterocycles. The molecule has 0 heterocycles. The molecule has 2 atom stereocenters. The zero-order valence-electron chi connectivity index (χ0n) is 15.9. The number of alkyl halides is 1. The van der Waals surface area contributed by atoms with Gasteiger partial charge in [-0.3, -0.25) is 4.79 Å². The second-order valence-corrected chi connectivity index (χ2v) is 6.94. The van der Waals surface area contributed by atoms with Gasteiger partial charge in [0.05, 0.1) is 4.43 Å². The van der Waals surface area contributed by atoms with Gasteiger partial charge in [0.15, 0.2) is 12.4 Å². The molecule has 2 rings (SSSR count). The zero-order chi connectivity index (χ0) is 20.2. The third kappa shape index (κ3) is 7.27. The number of halogens is 1. The van der Waals surface area contributed by atoms with Crippen molar-refractivity contribution in [3.8, 4) is 12.3 Å². The molecule has 2 aromatic carbocycles. The summed E-state index contributed by atoms with van der Waals surface area (Å²) in [6.45, 7) is 2.45. The average molecular weight is 492 g/mol. The number of hydrogen-bond acceptors (Lipinski definition) is 4. The first-order valence-electron chi connectivity index (χ1n) is 9.26. The van der Waals surface area contributed by atoms with Crippen LogP contribution in [-0.2, 0) is 19.0 Å². The highest BCUT2D eigenvalue weighted by Gasteiger charge is 2.21. The van der Waals surface area contributed by atoms with E-state index < -0.39 is 12.2 Å². The first-order valence-corrected chi connectivity index (χ1v) is 10.8. The lowest BCUT2D eigenvalue weighted by Crippen LogP contribution is -2.26. The van der Waals surface area contributed by atoms with Gasteiger partial charge in [0, 0.05) is 13.0 Å². The number of esters is 1. The Balaban J connectivity index is 1.99. The molecule has 0 N–H and O–H groups in total. The van der Waals surface area contributed by atoms with Gasteiger partial charge in [-0.25, -0.2) is 0 Å². The molecule has 4 nitrogen and oxygen atoms in total. The second-order valence-electron chi connectivity index (χ2n) is 6.06. The quantitative estimate of drug-likeness (QED) is 0.147. The van der Waals surface area contributed by atoms with Crippen LogP contribution in [0.4, 0.5) is 0 Å². The topological polar surface area (TPSA) is 44.8 Å². The molecule has 0 spiro atoms. The summed E-state index contributed by atoms with van der Waals surface area (Å²) in [6.07, 6.45) is 4.79. The largest absolute Gasteiger partial charge is 0.453 e. The lowest BCUT2D eigenvalue weighted by Gasteiger charge is -2.21. The lowest BCUT2D eigenvalue weighted by atomic mass is 10.0. The summed E-state index contributed by atoms with van der Waals surface area (Å²) in [4.78, 5) is 12.5. The number of carbonyl (C=O) groups excluding carboxylic acids is 1. The molecule has 0 fully saturated rings. The van der Waals surface area contributed by atoms with Crippen molar-refractivity contribution in [3.63, 3.8) is 0 Å². The van der Waals surface area contributed by atoms with Crippen molar-refractivity contribution in [2.24, 2.45) is 0 Å². The highest BCUT2D eigenvalue weighted by molar-refractivity contribution is 14.1. The molecule has 0 aliphatic heterocycles. The molecule has 2 unspecified atom stereocenters. The summed E-state index contributed by atoms with van der Waals surface area (Å²) in [5.74, 6) is 2.27. The van der Waals surface area contributed by atoms with E-state index >= 15 is 0 Å². The van der Waals surface area contributed by atoms with Gasteiger partial charge < -0.3 is 14.2 Å². The molecule has 0 aliphatic carbocycles. The minimum atomic E-state index is -0.495. The van der Waals surface area contributed by atoms with Crippen LogP contribution in [-0.4, -0.2) is 29.4 Å². The van der Waals surface area contributed by atoms with Crippen LogP contribution in [0.1, 0.15) is 37.0 Å². The van der Waals surface area contributed by atoms with Crippen LogP contribution in [0.15, 0.2) is 60.7 Å². The van der Waals surface area contributed by atoms with Gasteiger partial charge in [0.2, 0.25) is 0 Å². The van der Waals surface area contributed by atoms with Gasteiger partial charge in [-0.2, -0.15) is 0 Å². The van der Waals surface area contributed by atoms with Crippen molar-refractivity contribution >= 4 is 28.6 Å². The molecule has 2 aromatic rings. The second kappa shape index (κ2) is 12.6.